The molecule has 0 aliphatic carbocycles. The van der Waals surface area contributed by atoms with E-state index in [0.717, 1.165) is 16.7 Å². The zero-order chi connectivity index (χ0) is 12.4. The third-order valence-electron chi connectivity index (χ3n) is 2.53. The molecule has 1 fully saturated rings. The number of halogens is 1. The number of nitrogens with zero attached hydrogens (tertiary/aromatic N) is 1. The number of amides is 2. The van der Waals surface area contributed by atoms with Crippen LogP contribution in [-0.2, 0) is 11.3 Å². The van der Waals surface area contributed by atoms with Gasteiger partial charge in [-0.15, -0.1) is 0 Å². The molecule has 0 atom stereocenters. The zero-order valence-electron chi connectivity index (χ0n) is 8.98. The lowest BCUT2D eigenvalue weighted by Crippen LogP contribution is -2.37. The number of nitrogens with two attached hydrogens (primary N) is 1. The monoisotopic (exact) mass is 254 g/mol. The van der Waals surface area contributed by atoms with E-state index in [2.05, 4.69) is 0 Å². The van der Waals surface area contributed by atoms with Crippen molar-refractivity contribution in [1.29, 1.82) is 0 Å². The second kappa shape index (κ2) is 4.75. The summed E-state index contributed by atoms with van der Waals surface area (Å²) in [6, 6.07) is 4.30. The van der Waals surface area contributed by atoms with Crippen molar-refractivity contribution in [3.8, 4) is 0 Å². The quantitative estimate of drug-likeness (QED) is 0.820. The molecule has 17 heavy (non-hydrogen) atoms. The summed E-state index contributed by atoms with van der Waals surface area (Å²) >= 11 is 1.06. The Labute approximate surface area is 102 Å². The predicted octanol–water partition coefficient (Wildman–Crippen LogP) is 1.99. The molecule has 1 aliphatic rings. The molecular weight excluding hydrogens is 243 g/mol. The van der Waals surface area contributed by atoms with Gasteiger partial charge in [0.15, 0.2) is 0 Å². The van der Waals surface area contributed by atoms with Gasteiger partial charge in [0.05, 0.1) is 6.54 Å². The summed E-state index contributed by atoms with van der Waals surface area (Å²) in [6.45, 7) is -0.0941. The molecule has 0 radical (unpaired) electrons. The summed E-state index contributed by atoms with van der Waals surface area (Å²) in [5, 5.41) is -0.344. The summed E-state index contributed by atoms with van der Waals surface area (Å²) in [6.07, 6.45) is 0.296. The number of thioether (sulfide) groups is 1. The van der Waals surface area contributed by atoms with E-state index in [-0.39, 0.29) is 28.9 Å². The number of rotatable bonds is 2. The zero-order valence-corrected chi connectivity index (χ0v) is 9.80. The molecule has 1 heterocycles. The van der Waals surface area contributed by atoms with E-state index >= 15 is 0 Å². The van der Waals surface area contributed by atoms with Crippen LogP contribution in [0.3, 0.4) is 0 Å². The minimum Gasteiger partial charge on any atom is -0.398 e. The smallest absolute Gasteiger partial charge is 0.288 e. The Hall–Kier alpha value is -1.56. The van der Waals surface area contributed by atoms with Gasteiger partial charge in [0.1, 0.15) is 5.82 Å². The molecule has 0 saturated carbocycles. The molecule has 4 nitrogen and oxygen atoms in total. The van der Waals surface area contributed by atoms with Gasteiger partial charge in [-0.05, 0) is 12.1 Å². The fourth-order valence-corrected chi connectivity index (χ4v) is 2.37. The Morgan fingerprint density at radius 1 is 1.41 bits per heavy atom. The first-order valence-corrected chi connectivity index (χ1v) is 6.08. The lowest BCUT2D eigenvalue weighted by Gasteiger charge is -2.24. The lowest BCUT2D eigenvalue weighted by atomic mass is 10.1. The van der Waals surface area contributed by atoms with Gasteiger partial charge in [0.2, 0.25) is 5.91 Å². The van der Waals surface area contributed by atoms with E-state index < -0.39 is 5.82 Å². The van der Waals surface area contributed by atoms with Crippen LogP contribution in [0.5, 0.6) is 0 Å². The Bertz CT molecular complexity index is 442. The average molecular weight is 254 g/mol. The van der Waals surface area contributed by atoms with Crippen molar-refractivity contribution in [3.63, 3.8) is 0 Å². The molecule has 0 unspecified atom stereocenters. The predicted molar refractivity (Wildman–Crippen MR) is 63.8 cm³/mol. The first-order chi connectivity index (χ1) is 8.09. The minimum absolute atomic E-state index is 0.0941. The fraction of sp³-hybridized carbons (Fsp3) is 0.273. The number of nitrogen functional groups attached to an aromatic ring is 1. The van der Waals surface area contributed by atoms with Crippen LogP contribution < -0.4 is 5.73 Å². The van der Waals surface area contributed by atoms with E-state index in [1.165, 1.54) is 12.1 Å². The Morgan fingerprint density at radius 2 is 2.18 bits per heavy atom. The highest BCUT2D eigenvalue weighted by molar-refractivity contribution is 8.13. The second-order valence-corrected chi connectivity index (χ2v) is 4.70. The molecule has 2 amide bonds. The van der Waals surface area contributed by atoms with Crippen molar-refractivity contribution >= 4 is 28.6 Å². The molecule has 6 heteroatoms. The van der Waals surface area contributed by atoms with Crippen LogP contribution >= 0.6 is 11.8 Å². The van der Waals surface area contributed by atoms with Crippen LogP contribution in [0, 0.1) is 5.82 Å². The number of carbonyl (C=O) groups is 2. The van der Waals surface area contributed by atoms with Crippen molar-refractivity contribution in [2.75, 3.05) is 11.5 Å². The van der Waals surface area contributed by atoms with Crippen LogP contribution in [0.15, 0.2) is 18.2 Å². The van der Waals surface area contributed by atoms with Crippen molar-refractivity contribution in [1.82, 2.24) is 4.90 Å². The third kappa shape index (κ3) is 2.41. The molecule has 2 N–H and O–H groups in total. The topological polar surface area (TPSA) is 63.4 Å². The molecule has 2 rings (SSSR count). The highest BCUT2D eigenvalue weighted by Gasteiger charge is 2.27. The van der Waals surface area contributed by atoms with Gasteiger partial charge < -0.3 is 5.73 Å². The van der Waals surface area contributed by atoms with Gasteiger partial charge in [-0.1, -0.05) is 17.8 Å². The van der Waals surface area contributed by atoms with E-state index in [1.807, 2.05) is 0 Å². The van der Waals surface area contributed by atoms with Crippen LogP contribution in [-0.4, -0.2) is 21.8 Å². The van der Waals surface area contributed by atoms with Gasteiger partial charge in [0.25, 0.3) is 5.24 Å². The van der Waals surface area contributed by atoms with Crippen LogP contribution in [0.4, 0.5) is 14.9 Å². The van der Waals surface area contributed by atoms with Gasteiger partial charge in [-0.25, -0.2) is 4.39 Å². The lowest BCUT2D eigenvalue weighted by molar-refractivity contribution is -0.128. The van der Waals surface area contributed by atoms with Crippen molar-refractivity contribution in [2.24, 2.45) is 0 Å². The highest BCUT2D eigenvalue weighted by Crippen LogP contribution is 2.24. The molecule has 1 aliphatic heterocycles. The summed E-state index contributed by atoms with van der Waals surface area (Å²) in [7, 11) is 0. The summed E-state index contributed by atoms with van der Waals surface area (Å²) in [4.78, 5) is 24.1. The standard InChI is InChI=1S/C11H11FN2O2S/c12-8-2-1-3-9(13)7(8)6-14-10(15)4-5-17-11(14)16/h1-3H,4-6,13H2. The maximum absolute atomic E-state index is 13.5. The Balaban J connectivity index is 2.25. The molecule has 1 saturated heterocycles. The van der Waals surface area contributed by atoms with Gasteiger partial charge >= 0.3 is 0 Å². The van der Waals surface area contributed by atoms with E-state index in [4.69, 9.17) is 5.73 Å². The highest BCUT2D eigenvalue weighted by atomic mass is 32.2. The number of benzene rings is 1. The molecular formula is C11H11FN2O2S. The fourth-order valence-electron chi connectivity index (χ4n) is 1.59. The Morgan fingerprint density at radius 3 is 2.82 bits per heavy atom. The van der Waals surface area contributed by atoms with Crippen molar-refractivity contribution in [3.05, 3.63) is 29.6 Å². The summed E-state index contributed by atoms with van der Waals surface area (Å²) in [5.41, 5.74) is 6.08. The SMILES string of the molecule is Nc1cccc(F)c1CN1C(=O)CCSC1=O. The van der Waals surface area contributed by atoms with E-state index in [0.29, 0.717) is 12.2 Å². The second-order valence-electron chi connectivity index (χ2n) is 3.65. The maximum atomic E-state index is 13.5. The van der Waals surface area contributed by atoms with Gasteiger partial charge in [-0.2, -0.15) is 0 Å². The van der Waals surface area contributed by atoms with Gasteiger partial charge in [0, 0.05) is 23.4 Å². The number of anilines is 1. The van der Waals surface area contributed by atoms with E-state index in [1.54, 1.807) is 6.07 Å². The van der Waals surface area contributed by atoms with Crippen molar-refractivity contribution in [2.45, 2.75) is 13.0 Å². The first-order valence-electron chi connectivity index (χ1n) is 5.09. The number of carbonyl (C=O) groups excluding carboxylic acids is 2. The normalized spacial score (nSPS) is 16.4. The number of hydrogen-bond acceptors (Lipinski definition) is 4. The number of hydrogen-bond donors (Lipinski definition) is 1. The Kier molecular flexibility index (Phi) is 3.33. The minimum atomic E-state index is -0.499. The maximum Gasteiger partial charge on any atom is 0.288 e. The van der Waals surface area contributed by atoms with E-state index in [9.17, 15) is 14.0 Å². The molecule has 1 aromatic carbocycles. The molecule has 1 aromatic rings. The van der Waals surface area contributed by atoms with Gasteiger partial charge in [-0.3, -0.25) is 14.5 Å². The molecule has 90 valence electrons. The summed E-state index contributed by atoms with van der Waals surface area (Å²) in [5.74, 6) is -0.293. The van der Waals surface area contributed by atoms with Crippen LogP contribution in [0.1, 0.15) is 12.0 Å². The third-order valence-corrected chi connectivity index (χ3v) is 3.41. The molecule has 0 aromatic heterocycles. The molecule has 0 spiro atoms. The van der Waals surface area contributed by atoms with Crippen molar-refractivity contribution < 1.29 is 14.0 Å². The van der Waals surface area contributed by atoms with Crippen LogP contribution in [0.25, 0.3) is 0 Å². The largest absolute Gasteiger partial charge is 0.398 e. The first kappa shape index (κ1) is 11.9. The molecule has 0 bridgehead atoms. The summed E-state index contributed by atoms with van der Waals surface area (Å²) < 4.78 is 13.5. The average Bonchev–Trinajstić information content (AvgIpc) is 2.27. The van der Waals surface area contributed by atoms with Crippen LogP contribution in [0.2, 0.25) is 0 Å². The number of imide groups is 1.